The van der Waals surface area contributed by atoms with Crippen LogP contribution in [0.2, 0.25) is 5.02 Å². The Balaban J connectivity index is 2.11. The van der Waals surface area contributed by atoms with Crippen LogP contribution in [0.25, 0.3) is 11.0 Å². The maximum atomic E-state index is 6.24. The summed E-state index contributed by atoms with van der Waals surface area (Å²) in [5, 5.41) is 2.77. The number of halogens is 3. The zero-order valence-corrected chi connectivity index (χ0v) is 14.4. The first kappa shape index (κ1) is 14.4. The number of alkyl halides is 1. The molecule has 0 saturated carbocycles. The highest BCUT2D eigenvalue weighted by atomic mass is 79.9. The summed E-state index contributed by atoms with van der Waals surface area (Å²) in [5.41, 5.74) is 1.91. The highest BCUT2D eigenvalue weighted by molar-refractivity contribution is 9.10. The second-order valence-electron chi connectivity index (χ2n) is 4.39. The molecule has 20 heavy (non-hydrogen) atoms. The number of fused-ring (bicyclic) bond motifs is 1. The molecular formula is C14H11BrCl2N2S. The fourth-order valence-corrected chi connectivity index (χ4v) is 4.02. The quantitative estimate of drug-likeness (QED) is 0.550. The number of nitrogens with zero attached hydrogens (tertiary/aromatic N) is 2. The first-order valence-corrected chi connectivity index (χ1v) is 8.70. The van der Waals surface area contributed by atoms with Gasteiger partial charge in [0.2, 0.25) is 0 Å². The molecule has 0 radical (unpaired) electrons. The first-order valence-electron chi connectivity index (χ1n) is 6.11. The van der Waals surface area contributed by atoms with Crippen LogP contribution in [-0.2, 0) is 13.0 Å². The third kappa shape index (κ3) is 2.75. The molecule has 2 nitrogen and oxygen atoms in total. The second kappa shape index (κ2) is 6.06. The number of aryl methyl sites for hydroxylation is 1. The van der Waals surface area contributed by atoms with Crippen molar-refractivity contribution < 1.29 is 0 Å². The van der Waals surface area contributed by atoms with Gasteiger partial charge >= 0.3 is 0 Å². The number of para-hydroxylation sites is 1. The van der Waals surface area contributed by atoms with Crippen molar-refractivity contribution in [1.29, 1.82) is 0 Å². The number of hydrogen-bond donors (Lipinski definition) is 0. The van der Waals surface area contributed by atoms with Crippen LogP contribution in [0.1, 0.15) is 10.7 Å². The van der Waals surface area contributed by atoms with Crippen molar-refractivity contribution >= 4 is 61.5 Å². The SMILES string of the molecule is ClCCc1nc2c(Cl)cccc2n1Cc1cc(Br)cs1. The normalized spacial score (nSPS) is 11.3. The molecule has 0 unspecified atom stereocenters. The Labute approximate surface area is 139 Å². The zero-order chi connectivity index (χ0) is 14.1. The van der Waals surface area contributed by atoms with Crippen LogP contribution < -0.4 is 0 Å². The van der Waals surface area contributed by atoms with Gasteiger partial charge in [-0.15, -0.1) is 22.9 Å². The molecule has 3 aromatic rings. The van der Waals surface area contributed by atoms with E-state index in [0.29, 0.717) is 10.9 Å². The number of aromatic nitrogens is 2. The molecular weight excluding hydrogens is 379 g/mol. The minimum Gasteiger partial charge on any atom is -0.323 e. The van der Waals surface area contributed by atoms with Crippen LogP contribution in [0.4, 0.5) is 0 Å². The maximum absolute atomic E-state index is 6.24. The van der Waals surface area contributed by atoms with Gasteiger partial charge in [0.1, 0.15) is 11.3 Å². The van der Waals surface area contributed by atoms with Gasteiger partial charge in [-0.1, -0.05) is 17.7 Å². The van der Waals surface area contributed by atoms with E-state index < -0.39 is 0 Å². The smallest absolute Gasteiger partial charge is 0.111 e. The summed E-state index contributed by atoms with van der Waals surface area (Å²) in [4.78, 5) is 5.91. The third-order valence-corrected chi connectivity index (χ3v) is 5.24. The zero-order valence-electron chi connectivity index (χ0n) is 10.4. The van der Waals surface area contributed by atoms with Crippen LogP contribution in [0.3, 0.4) is 0 Å². The Kier molecular flexibility index (Phi) is 4.36. The van der Waals surface area contributed by atoms with E-state index in [2.05, 4.69) is 43.0 Å². The molecule has 0 aliphatic rings. The Morgan fingerprint density at radius 1 is 1.35 bits per heavy atom. The van der Waals surface area contributed by atoms with E-state index in [1.165, 1.54) is 4.88 Å². The second-order valence-corrected chi connectivity index (χ2v) is 7.09. The standard InChI is InChI=1S/C14H11BrCl2N2S/c15-9-6-10(20-8-9)7-19-12-3-1-2-11(17)14(12)18-13(19)4-5-16/h1-3,6,8H,4-5,7H2. The van der Waals surface area contributed by atoms with E-state index >= 15 is 0 Å². The molecule has 0 atom stereocenters. The van der Waals surface area contributed by atoms with Crippen LogP contribution in [0.5, 0.6) is 0 Å². The topological polar surface area (TPSA) is 17.8 Å². The van der Waals surface area contributed by atoms with Crippen LogP contribution >= 0.6 is 50.5 Å². The summed E-state index contributed by atoms with van der Waals surface area (Å²) in [5.74, 6) is 1.53. The van der Waals surface area contributed by atoms with Crippen molar-refractivity contribution in [1.82, 2.24) is 9.55 Å². The fraction of sp³-hybridized carbons (Fsp3) is 0.214. The third-order valence-electron chi connectivity index (χ3n) is 3.06. The molecule has 6 heteroatoms. The minimum absolute atomic E-state index is 0.551. The lowest BCUT2D eigenvalue weighted by molar-refractivity contribution is 0.763. The van der Waals surface area contributed by atoms with Gasteiger partial charge in [-0.2, -0.15) is 0 Å². The average molecular weight is 390 g/mol. The summed E-state index contributed by atoms with van der Waals surface area (Å²) in [7, 11) is 0. The molecule has 0 aliphatic heterocycles. The largest absolute Gasteiger partial charge is 0.323 e. The van der Waals surface area contributed by atoms with Crippen molar-refractivity contribution in [3.8, 4) is 0 Å². The van der Waals surface area contributed by atoms with Crippen molar-refractivity contribution in [3.63, 3.8) is 0 Å². The van der Waals surface area contributed by atoms with Gasteiger partial charge in [0.25, 0.3) is 0 Å². The molecule has 2 heterocycles. The Morgan fingerprint density at radius 3 is 2.90 bits per heavy atom. The summed E-state index contributed by atoms with van der Waals surface area (Å²) in [6, 6.07) is 8.01. The number of rotatable bonds is 4. The lowest BCUT2D eigenvalue weighted by Gasteiger charge is -2.06. The van der Waals surface area contributed by atoms with Crippen LogP contribution in [0.15, 0.2) is 34.1 Å². The molecule has 2 aromatic heterocycles. The van der Waals surface area contributed by atoms with Crippen molar-refractivity contribution in [2.45, 2.75) is 13.0 Å². The fourth-order valence-electron chi connectivity index (χ4n) is 2.21. The van der Waals surface area contributed by atoms with Gasteiger partial charge in [-0.05, 0) is 34.1 Å². The summed E-state index contributed by atoms with van der Waals surface area (Å²) in [6.45, 7) is 0.791. The van der Waals surface area contributed by atoms with Gasteiger partial charge < -0.3 is 4.57 Å². The van der Waals surface area contributed by atoms with Gasteiger partial charge in [-0.25, -0.2) is 4.98 Å². The first-order chi connectivity index (χ1) is 9.69. The van der Waals surface area contributed by atoms with E-state index in [4.69, 9.17) is 23.2 Å². The molecule has 0 N–H and O–H groups in total. The highest BCUT2D eigenvalue weighted by Gasteiger charge is 2.13. The molecule has 0 saturated heterocycles. The van der Waals surface area contributed by atoms with E-state index in [0.717, 1.165) is 34.3 Å². The Bertz CT molecular complexity index is 751. The molecule has 0 fully saturated rings. The molecule has 0 amide bonds. The Morgan fingerprint density at radius 2 is 2.20 bits per heavy atom. The van der Waals surface area contributed by atoms with Crippen LogP contribution in [0, 0.1) is 0 Å². The number of hydrogen-bond acceptors (Lipinski definition) is 2. The van der Waals surface area contributed by atoms with Gasteiger partial charge in [0.05, 0.1) is 17.1 Å². The predicted molar refractivity (Wildman–Crippen MR) is 90.3 cm³/mol. The monoisotopic (exact) mass is 388 g/mol. The lowest BCUT2D eigenvalue weighted by atomic mass is 10.3. The molecule has 0 aliphatic carbocycles. The number of benzene rings is 1. The van der Waals surface area contributed by atoms with E-state index in [9.17, 15) is 0 Å². The van der Waals surface area contributed by atoms with Crippen molar-refractivity contribution in [2.24, 2.45) is 0 Å². The minimum atomic E-state index is 0.551. The van der Waals surface area contributed by atoms with E-state index in [1.807, 2.05) is 12.1 Å². The van der Waals surface area contributed by atoms with Crippen molar-refractivity contribution in [2.75, 3.05) is 5.88 Å². The van der Waals surface area contributed by atoms with Gasteiger partial charge in [-0.3, -0.25) is 0 Å². The highest BCUT2D eigenvalue weighted by Crippen LogP contribution is 2.27. The van der Waals surface area contributed by atoms with E-state index in [1.54, 1.807) is 11.3 Å². The predicted octanol–water partition coefficient (Wildman–Crippen LogP) is 5.34. The molecule has 3 rings (SSSR count). The van der Waals surface area contributed by atoms with Gasteiger partial charge in [0.15, 0.2) is 0 Å². The Hall–Kier alpha value is -0.550. The van der Waals surface area contributed by atoms with Crippen LogP contribution in [-0.4, -0.2) is 15.4 Å². The molecule has 0 bridgehead atoms. The summed E-state index contributed by atoms with van der Waals surface area (Å²) in [6.07, 6.45) is 0.735. The maximum Gasteiger partial charge on any atom is 0.111 e. The van der Waals surface area contributed by atoms with Gasteiger partial charge in [0, 0.05) is 27.0 Å². The lowest BCUT2D eigenvalue weighted by Crippen LogP contribution is -2.04. The van der Waals surface area contributed by atoms with Crippen molar-refractivity contribution in [3.05, 3.63) is 49.8 Å². The summed E-state index contributed by atoms with van der Waals surface area (Å²) < 4.78 is 3.31. The molecule has 1 aromatic carbocycles. The molecule has 0 spiro atoms. The number of imidazole rings is 1. The number of thiophene rings is 1. The molecule has 104 valence electrons. The summed E-state index contributed by atoms with van der Waals surface area (Å²) >= 11 is 17.3. The average Bonchev–Trinajstić information content (AvgIpc) is 2.97. The van der Waals surface area contributed by atoms with E-state index in [-0.39, 0.29) is 0 Å².